The third-order valence-electron chi connectivity index (χ3n) is 8.05. The zero-order valence-electron chi connectivity index (χ0n) is 20.0. The van der Waals surface area contributed by atoms with Crippen LogP contribution >= 0.6 is 0 Å². The second kappa shape index (κ2) is 8.81. The van der Waals surface area contributed by atoms with Crippen LogP contribution in [0.4, 0.5) is 4.39 Å². The maximum Gasteiger partial charge on any atom is 0.316 e. The summed E-state index contributed by atoms with van der Waals surface area (Å²) in [6.07, 6.45) is 6.93. The van der Waals surface area contributed by atoms with Crippen LogP contribution in [0.5, 0.6) is 0 Å². The predicted molar refractivity (Wildman–Crippen MR) is 123 cm³/mol. The van der Waals surface area contributed by atoms with Crippen molar-refractivity contribution < 1.29 is 18.7 Å². The molecule has 5 rings (SSSR count). The van der Waals surface area contributed by atoms with Gasteiger partial charge in [0, 0.05) is 6.54 Å². The average Bonchev–Trinajstić information content (AvgIpc) is 3.78. The first-order valence-electron chi connectivity index (χ1n) is 12.4. The molecule has 3 saturated carbocycles. The van der Waals surface area contributed by atoms with Gasteiger partial charge in [-0.15, -0.1) is 0 Å². The molecule has 0 N–H and O–H groups in total. The van der Waals surface area contributed by atoms with Gasteiger partial charge in [0.2, 0.25) is 0 Å². The molecule has 0 amide bonds. The monoisotopic (exact) mass is 465 g/mol. The molecule has 3 aliphatic carbocycles. The number of nitriles is 1. The smallest absolute Gasteiger partial charge is 0.316 e. The average molecular weight is 466 g/mol. The van der Waals surface area contributed by atoms with E-state index >= 15 is 0 Å². The van der Waals surface area contributed by atoms with Gasteiger partial charge in [0.05, 0.1) is 24.8 Å². The third kappa shape index (κ3) is 4.13. The van der Waals surface area contributed by atoms with Gasteiger partial charge in [-0.05, 0) is 87.8 Å². The third-order valence-corrected chi connectivity index (χ3v) is 8.05. The van der Waals surface area contributed by atoms with Crippen LogP contribution in [0.1, 0.15) is 74.1 Å². The molecular formula is C27H32FN3O3. The number of hydrogen-bond donors (Lipinski definition) is 0. The van der Waals surface area contributed by atoms with E-state index in [2.05, 4.69) is 10.6 Å². The van der Waals surface area contributed by atoms with E-state index in [1.807, 2.05) is 6.92 Å². The van der Waals surface area contributed by atoms with Crippen molar-refractivity contribution in [2.75, 3.05) is 13.7 Å². The fraction of sp³-hybridized carbons (Fsp3) is 0.593. The summed E-state index contributed by atoms with van der Waals surface area (Å²) in [7, 11) is 1.41. The Hall–Kier alpha value is -2.72. The maximum atomic E-state index is 13.6. The fourth-order valence-electron chi connectivity index (χ4n) is 5.42. The van der Waals surface area contributed by atoms with E-state index in [-0.39, 0.29) is 11.8 Å². The van der Waals surface area contributed by atoms with Crippen molar-refractivity contribution in [2.45, 2.75) is 75.9 Å². The van der Waals surface area contributed by atoms with Crippen molar-refractivity contribution in [1.82, 2.24) is 9.55 Å². The number of ether oxygens (including phenoxy) is 2. The summed E-state index contributed by atoms with van der Waals surface area (Å²) in [5, 5.41) is 9.72. The van der Waals surface area contributed by atoms with E-state index in [4.69, 9.17) is 14.5 Å². The summed E-state index contributed by atoms with van der Waals surface area (Å²) < 4.78 is 27.8. The normalized spacial score (nSPS) is 26.8. The lowest BCUT2D eigenvalue weighted by atomic mass is 9.64. The topological polar surface area (TPSA) is 77.1 Å². The first-order valence-corrected chi connectivity index (χ1v) is 12.4. The van der Waals surface area contributed by atoms with E-state index in [9.17, 15) is 14.4 Å². The number of rotatable bonds is 8. The van der Waals surface area contributed by atoms with Crippen LogP contribution in [0.25, 0.3) is 0 Å². The molecule has 1 aromatic heterocycles. The Balaban J connectivity index is 1.52. The Morgan fingerprint density at radius 2 is 1.79 bits per heavy atom. The zero-order valence-corrected chi connectivity index (χ0v) is 20.0. The van der Waals surface area contributed by atoms with Gasteiger partial charge in [0.25, 0.3) is 0 Å². The Morgan fingerprint density at radius 3 is 2.35 bits per heavy atom. The fourth-order valence-corrected chi connectivity index (χ4v) is 5.42. The number of nitrogens with zero attached hydrogens (tertiary/aromatic N) is 3. The number of benzene rings is 1. The Morgan fingerprint density at radius 1 is 1.15 bits per heavy atom. The lowest BCUT2D eigenvalue weighted by Gasteiger charge is -2.45. The van der Waals surface area contributed by atoms with E-state index < -0.39 is 11.0 Å². The second-order valence-electron chi connectivity index (χ2n) is 10.4. The Bertz CT molecular complexity index is 1100. The minimum Gasteiger partial charge on any atom is -0.468 e. The zero-order chi connectivity index (χ0) is 23.9. The number of methoxy groups -OCH3 is 1. The van der Waals surface area contributed by atoms with Gasteiger partial charge < -0.3 is 14.0 Å². The van der Waals surface area contributed by atoms with Crippen LogP contribution in [-0.4, -0.2) is 29.2 Å². The van der Waals surface area contributed by atoms with E-state index in [0.29, 0.717) is 49.8 Å². The van der Waals surface area contributed by atoms with E-state index in [0.717, 1.165) is 23.6 Å². The molecule has 6 nitrogen and oxygen atoms in total. The molecule has 34 heavy (non-hydrogen) atoms. The van der Waals surface area contributed by atoms with Crippen LogP contribution in [0, 0.1) is 35.9 Å². The van der Waals surface area contributed by atoms with Gasteiger partial charge in [0.1, 0.15) is 23.3 Å². The number of hydrogen-bond acceptors (Lipinski definition) is 5. The molecule has 0 unspecified atom stereocenters. The lowest BCUT2D eigenvalue weighted by molar-refractivity contribution is -0.155. The number of carbonyl (C=O) groups is 1. The van der Waals surface area contributed by atoms with E-state index in [1.165, 1.54) is 44.9 Å². The standard InChI is InChI=1S/C27H32FN3O3/c1-18-23(15-29)30-24(31(18)16-19-3-4-19)27(34-17-20-5-6-20)13-11-26(12-14-27,25(32)33-2)21-7-9-22(28)10-8-21/h7-10,19-20H,3-6,11-14,16-17H2,1-2H3/t26-,27+. The van der Waals surface area contributed by atoms with Gasteiger partial charge in [-0.25, -0.2) is 9.37 Å². The summed E-state index contributed by atoms with van der Waals surface area (Å²) in [4.78, 5) is 17.9. The summed E-state index contributed by atoms with van der Waals surface area (Å²) in [6, 6.07) is 8.44. The second-order valence-corrected chi connectivity index (χ2v) is 10.4. The van der Waals surface area contributed by atoms with Gasteiger partial charge in [-0.3, -0.25) is 4.79 Å². The molecule has 0 bridgehead atoms. The first-order chi connectivity index (χ1) is 16.4. The highest BCUT2D eigenvalue weighted by Gasteiger charge is 2.52. The Labute approximate surface area is 200 Å². The van der Waals surface area contributed by atoms with Crippen molar-refractivity contribution in [3.8, 4) is 6.07 Å². The molecule has 3 fully saturated rings. The lowest BCUT2D eigenvalue weighted by Crippen LogP contribution is -2.47. The van der Waals surface area contributed by atoms with Gasteiger partial charge >= 0.3 is 5.97 Å². The SMILES string of the molecule is COC(=O)[C@]1(c2ccc(F)cc2)CC[C@@](OCC2CC2)(c2nc(C#N)c(C)n2CC2CC2)CC1. The van der Waals surface area contributed by atoms with Crippen LogP contribution < -0.4 is 0 Å². The highest BCUT2D eigenvalue weighted by atomic mass is 19.1. The molecule has 1 aromatic carbocycles. The molecule has 0 atom stereocenters. The summed E-state index contributed by atoms with van der Waals surface area (Å²) in [5.74, 6) is 1.39. The van der Waals surface area contributed by atoms with Crippen molar-refractivity contribution in [3.05, 3.63) is 52.9 Å². The van der Waals surface area contributed by atoms with Crippen molar-refractivity contribution >= 4 is 5.97 Å². The Kier molecular flexibility index (Phi) is 5.97. The molecule has 7 heteroatoms. The molecule has 0 saturated heterocycles. The highest BCUT2D eigenvalue weighted by molar-refractivity contribution is 5.83. The van der Waals surface area contributed by atoms with Crippen LogP contribution in [0.2, 0.25) is 0 Å². The summed E-state index contributed by atoms with van der Waals surface area (Å²) >= 11 is 0. The maximum absolute atomic E-state index is 13.6. The number of imidazole rings is 1. The van der Waals surface area contributed by atoms with Crippen LogP contribution in [0.15, 0.2) is 24.3 Å². The molecule has 1 heterocycles. The van der Waals surface area contributed by atoms with Crippen molar-refractivity contribution in [2.24, 2.45) is 11.8 Å². The molecule has 0 spiro atoms. The molecule has 3 aliphatic rings. The van der Waals surface area contributed by atoms with E-state index in [1.54, 1.807) is 12.1 Å². The molecule has 2 aromatic rings. The van der Waals surface area contributed by atoms with Crippen LogP contribution in [0.3, 0.4) is 0 Å². The van der Waals surface area contributed by atoms with Gasteiger partial charge in [-0.2, -0.15) is 5.26 Å². The van der Waals surface area contributed by atoms with Crippen LogP contribution in [-0.2, 0) is 31.8 Å². The summed E-state index contributed by atoms with van der Waals surface area (Å²) in [6.45, 7) is 3.48. The molecular weight excluding hydrogens is 433 g/mol. The molecule has 0 aliphatic heterocycles. The van der Waals surface area contributed by atoms with Crippen molar-refractivity contribution in [3.63, 3.8) is 0 Å². The number of aromatic nitrogens is 2. The number of halogens is 1. The minimum absolute atomic E-state index is 0.301. The largest absolute Gasteiger partial charge is 0.468 e. The van der Waals surface area contributed by atoms with Gasteiger partial charge in [-0.1, -0.05) is 12.1 Å². The first kappa shape index (κ1) is 23.0. The highest BCUT2D eigenvalue weighted by Crippen LogP contribution is 2.51. The number of carbonyl (C=O) groups excluding carboxylic acids is 1. The predicted octanol–water partition coefficient (Wildman–Crippen LogP) is 4.92. The quantitative estimate of drug-likeness (QED) is 0.517. The summed E-state index contributed by atoms with van der Waals surface area (Å²) in [5.41, 5.74) is 0.604. The van der Waals surface area contributed by atoms with Crippen molar-refractivity contribution in [1.29, 1.82) is 5.26 Å². The molecule has 180 valence electrons. The number of esters is 1. The minimum atomic E-state index is -0.851. The molecule has 0 radical (unpaired) electrons. The van der Waals surface area contributed by atoms with Gasteiger partial charge in [0.15, 0.2) is 5.69 Å².